The summed E-state index contributed by atoms with van der Waals surface area (Å²) in [4.78, 5) is 15.9. The molecule has 4 nitrogen and oxygen atoms in total. The van der Waals surface area contributed by atoms with Crippen LogP contribution in [-0.2, 0) is 11.3 Å². The molecule has 148 valence electrons. The zero-order chi connectivity index (χ0) is 20.5. The van der Waals surface area contributed by atoms with Crippen molar-refractivity contribution in [1.29, 1.82) is 0 Å². The van der Waals surface area contributed by atoms with Crippen LogP contribution in [0.2, 0.25) is 10.0 Å². The third-order valence-corrected chi connectivity index (χ3v) is 5.03. The molecule has 3 aromatic rings. The summed E-state index contributed by atoms with van der Waals surface area (Å²) in [5.74, 6) is -1.65. The largest absolute Gasteiger partial charge is 0.471 e. The molecule has 1 amide bonds. The topological polar surface area (TPSA) is 46.9 Å². The van der Waals surface area contributed by atoms with Crippen molar-refractivity contribution in [1.82, 2.24) is 14.9 Å². The first-order valence-corrected chi connectivity index (χ1v) is 9.23. The number of fused-ring (bicyclic) bond motifs is 1. The highest BCUT2D eigenvalue weighted by atomic mass is 35.5. The molecule has 0 aliphatic heterocycles. The Hall–Kier alpha value is -2.25. The molecule has 0 saturated carbocycles. The molecule has 1 heterocycles. The standard InChI is InChI=1S/C19H16Cl2F3N3O/c1-2-14(26-18(28)19(22,23)24)17-25-15-5-3-4-6-16(15)27(17)10-11-7-8-12(20)13(21)9-11/h3-9,14H,2,10H2,1H3,(H,26,28). The quantitative estimate of drug-likeness (QED) is 0.580. The van der Waals surface area contributed by atoms with Crippen LogP contribution in [0.15, 0.2) is 42.5 Å². The van der Waals surface area contributed by atoms with Gasteiger partial charge in [-0.25, -0.2) is 4.98 Å². The van der Waals surface area contributed by atoms with Gasteiger partial charge in [-0.05, 0) is 36.2 Å². The van der Waals surface area contributed by atoms with Crippen LogP contribution in [0.3, 0.4) is 0 Å². The maximum Gasteiger partial charge on any atom is 0.471 e. The summed E-state index contributed by atoms with van der Waals surface area (Å²) in [5, 5.41) is 2.82. The second kappa shape index (κ2) is 8.01. The molecule has 2 aromatic carbocycles. The van der Waals surface area contributed by atoms with Crippen molar-refractivity contribution in [3.8, 4) is 0 Å². The molecular weight excluding hydrogens is 414 g/mol. The van der Waals surface area contributed by atoms with E-state index in [4.69, 9.17) is 23.2 Å². The number of imidazole rings is 1. The second-order valence-corrected chi connectivity index (χ2v) is 7.04. The molecule has 1 N–H and O–H groups in total. The van der Waals surface area contributed by atoms with Crippen molar-refractivity contribution in [2.75, 3.05) is 0 Å². The number of hydrogen-bond donors (Lipinski definition) is 1. The zero-order valence-corrected chi connectivity index (χ0v) is 16.2. The number of carbonyl (C=O) groups excluding carboxylic acids is 1. The van der Waals surface area contributed by atoms with Crippen molar-refractivity contribution in [2.24, 2.45) is 0 Å². The lowest BCUT2D eigenvalue weighted by molar-refractivity contribution is -0.174. The van der Waals surface area contributed by atoms with Gasteiger partial charge in [0.2, 0.25) is 0 Å². The van der Waals surface area contributed by atoms with Gasteiger partial charge in [0.1, 0.15) is 5.82 Å². The predicted octanol–water partition coefficient (Wildman–Crippen LogP) is 5.52. The lowest BCUT2D eigenvalue weighted by Crippen LogP contribution is -2.39. The number of carbonyl (C=O) groups is 1. The molecule has 9 heteroatoms. The predicted molar refractivity (Wildman–Crippen MR) is 103 cm³/mol. The van der Waals surface area contributed by atoms with Crippen LogP contribution in [0.25, 0.3) is 11.0 Å². The van der Waals surface area contributed by atoms with Gasteiger partial charge in [0.05, 0.1) is 27.1 Å². The Kier molecular flexibility index (Phi) is 5.86. The minimum Gasteiger partial charge on any atom is -0.338 e. The van der Waals surface area contributed by atoms with Gasteiger partial charge in [-0.2, -0.15) is 13.2 Å². The smallest absolute Gasteiger partial charge is 0.338 e. The Morgan fingerprint density at radius 2 is 1.89 bits per heavy atom. The summed E-state index contributed by atoms with van der Waals surface area (Å²) in [5.41, 5.74) is 2.16. The first kappa shape index (κ1) is 20.5. The van der Waals surface area contributed by atoms with Gasteiger partial charge >= 0.3 is 12.1 Å². The molecule has 1 atom stereocenters. The van der Waals surface area contributed by atoms with Crippen molar-refractivity contribution < 1.29 is 18.0 Å². The number of amides is 1. The van der Waals surface area contributed by atoms with Crippen LogP contribution in [0, 0.1) is 0 Å². The van der Waals surface area contributed by atoms with Crippen LogP contribution in [0.1, 0.15) is 30.8 Å². The van der Waals surface area contributed by atoms with Gasteiger partial charge in [0, 0.05) is 6.54 Å². The molecule has 28 heavy (non-hydrogen) atoms. The molecular formula is C19H16Cl2F3N3O. The van der Waals surface area contributed by atoms with E-state index in [9.17, 15) is 18.0 Å². The average molecular weight is 430 g/mol. The molecule has 1 aromatic heterocycles. The van der Waals surface area contributed by atoms with E-state index in [1.807, 2.05) is 17.4 Å². The molecule has 0 saturated heterocycles. The Balaban J connectivity index is 2.05. The van der Waals surface area contributed by atoms with Gasteiger partial charge in [-0.1, -0.05) is 48.3 Å². The first-order chi connectivity index (χ1) is 13.2. The Morgan fingerprint density at radius 1 is 1.18 bits per heavy atom. The summed E-state index contributed by atoms with van der Waals surface area (Å²) in [7, 11) is 0. The minimum absolute atomic E-state index is 0.243. The van der Waals surface area contributed by atoms with Crippen molar-refractivity contribution >= 4 is 40.1 Å². The Morgan fingerprint density at radius 3 is 2.54 bits per heavy atom. The number of para-hydroxylation sites is 2. The van der Waals surface area contributed by atoms with Crippen LogP contribution in [-0.4, -0.2) is 21.6 Å². The number of nitrogens with one attached hydrogen (secondary N) is 1. The van der Waals surface area contributed by atoms with E-state index in [2.05, 4.69) is 4.98 Å². The van der Waals surface area contributed by atoms with Crippen LogP contribution >= 0.6 is 23.2 Å². The minimum atomic E-state index is -4.96. The van der Waals surface area contributed by atoms with E-state index >= 15 is 0 Å². The van der Waals surface area contributed by atoms with E-state index in [1.165, 1.54) is 0 Å². The zero-order valence-electron chi connectivity index (χ0n) is 14.7. The highest BCUT2D eigenvalue weighted by Gasteiger charge is 2.40. The number of rotatable bonds is 5. The van der Waals surface area contributed by atoms with Crippen LogP contribution in [0.4, 0.5) is 13.2 Å². The van der Waals surface area contributed by atoms with E-state index in [1.54, 1.807) is 41.8 Å². The maximum absolute atomic E-state index is 12.7. The van der Waals surface area contributed by atoms with Gasteiger partial charge in [0.25, 0.3) is 0 Å². The first-order valence-electron chi connectivity index (χ1n) is 8.47. The van der Waals surface area contributed by atoms with Crippen molar-refractivity contribution in [2.45, 2.75) is 32.1 Å². The monoisotopic (exact) mass is 429 g/mol. The summed E-state index contributed by atoms with van der Waals surface area (Å²) in [6, 6.07) is 11.4. The normalized spacial score (nSPS) is 12.9. The van der Waals surface area contributed by atoms with E-state index < -0.39 is 18.1 Å². The summed E-state index contributed by atoms with van der Waals surface area (Å²) in [6.07, 6.45) is -4.72. The third kappa shape index (κ3) is 4.25. The fraction of sp³-hybridized carbons (Fsp3) is 0.263. The molecule has 0 fully saturated rings. The summed E-state index contributed by atoms with van der Waals surface area (Å²) < 4.78 is 40.0. The van der Waals surface area contributed by atoms with E-state index in [0.29, 0.717) is 27.9 Å². The lowest BCUT2D eigenvalue weighted by atomic mass is 10.2. The van der Waals surface area contributed by atoms with Crippen LogP contribution in [0.5, 0.6) is 0 Å². The SMILES string of the molecule is CCC(NC(=O)C(F)(F)F)c1nc2ccccc2n1Cc1ccc(Cl)c(Cl)c1. The molecule has 1 unspecified atom stereocenters. The van der Waals surface area contributed by atoms with E-state index in [0.717, 1.165) is 11.1 Å². The maximum atomic E-state index is 12.7. The highest BCUT2D eigenvalue weighted by Crippen LogP contribution is 2.28. The van der Waals surface area contributed by atoms with Gasteiger partial charge in [-0.15, -0.1) is 0 Å². The summed E-state index contributed by atoms with van der Waals surface area (Å²) in [6.45, 7) is 2.00. The fourth-order valence-corrected chi connectivity index (χ4v) is 3.26. The molecule has 0 bridgehead atoms. The number of aromatic nitrogens is 2. The van der Waals surface area contributed by atoms with Gasteiger partial charge in [-0.3, -0.25) is 4.79 Å². The molecule has 0 spiro atoms. The highest BCUT2D eigenvalue weighted by molar-refractivity contribution is 6.42. The number of halogens is 5. The van der Waals surface area contributed by atoms with Crippen molar-refractivity contribution in [3.63, 3.8) is 0 Å². The number of alkyl halides is 3. The van der Waals surface area contributed by atoms with Crippen molar-refractivity contribution in [3.05, 3.63) is 63.9 Å². The molecule has 0 aliphatic carbocycles. The molecule has 3 rings (SSSR count). The second-order valence-electron chi connectivity index (χ2n) is 6.23. The molecule has 0 aliphatic rings. The van der Waals surface area contributed by atoms with Gasteiger partial charge < -0.3 is 9.88 Å². The Bertz CT molecular complexity index is 1020. The Labute approximate surface area is 169 Å². The lowest BCUT2D eigenvalue weighted by Gasteiger charge is -2.19. The number of nitrogens with zero attached hydrogens (tertiary/aromatic N) is 2. The van der Waals surface area contributed by atoms with Gasteiger partial charge in [0.15, 0.2) is 0 Å². The average Bonchev–Trinajstić information content (AvgIpc) is 3.00. The third-order valence-electron chi connectivity index (χ3n) is 4.29. The molecule has 0 radical (unpaired) electrons. The van der Waals surface area contributed by atoms with Crippen LogP contribution < -0.4 is 5.32 Å². The number of benzene rings is 2. The van der Waals surface area contributed by atoms with E-state index in [-0.39, 0.29) is 6.42 Å². The number of hydrogen-bond acceptors (Lipinski definition) is 2. The summed E-state index contributed by atoms with van der Waals surface area (Å²) >= 11 is 12.0. The fourth-order valence-electron chi connectivity index (χ4n) is 2.94.